The van der Waals surface area contributed by atoms with Gasteiger partial charge >= 0.3 is 0 Å². The Kier molecular flexibility index (Phi) is 3.64. The van der Waals surface area contributed by atoms with Gasteiger partial charge in [-0.25, -0.2) is 4.98 Å². The van der Waals surface area contributed by atoms with E-state index in [4.69, 9.17) is 4.42 Å². The van der Waals surface area contributed by atoms with Gasteiger partial charge in [0.2, 0.25) is 5.89 Å². The smallest absolute Gasteiger partial charge is 0.211 e. The largest absolute Gasteiger partial charge is 0.444 e. The monoisotopic (exact) mass is 222 g/mol. The predicted molar refractivity (Wildman–Crippen MR) is 64.2 cm³/mol. The molecule has 3 atom stereocenters. The lowest BCUT2D eigenvalue weighted by molar-refractivity contribution is 0.249. The molecular formula is C13H22N2O. The Hall–Kier alpha value is -0.830. The molecule has 1 aliphatic rings. The minimum atomic E-state index is 0.222. The SMILES string of the molecule is Cc1cnc(C(C)NC2CCCCC2C)o1. The highest BCUT2D eigenvalue weighted by atomic mass is 16.4. The number of rotatable bonds is 3. The van der Waals surface area contributed by atoms with Crippen LogP contribution in [0.1, 0.15) is 57.2 Å². The molecule has 90 valence electrons. The van der Waals surface area contributed by atoms with E-state index < -0.39 is 0 Å². The van der Waals surface area contributed by atoms with E-state index in [1.165, 1.54) is 25.7 Å². The van der Waals surface area contributed by atoms with Crippen molar-refractivity contribution in [2.45, 2.75) is 58.5 Å². The molecule has 0 bridgehead atoms. The van der Waals surface area contributed by atoms with Crippen molar-refractivity contribution >= 4 is 0 Å². The third-order valence-electron chi connectivity index (χ3n) is 3.59. The van der Waals surface area contributed by atoms with Gasteiger partial charge in [-0.3, -0.25) is 0 Å². The second-order valence-electron chi connectivity index (χ2n) is 5.07. The van der Waals surface area contributed by atoms with E-state index in [1.807, 2.05) is 6.92 Å². The maximum absolute atomic E-state index is 5.55. The molecular weight excluding hydrogens is 200 g/mol. The second kappa shape index (κ2) is 5.00. The van der Waals surface area contributed by atoms with Crippen LogP contribution in [0.3, 0.4) is 0 Å². The number of nitrogens with zero attached hydrogens (tertiary/aromatic N) is 1. The van der Waals surface area contributed by atoms with Gasteiger partial charge in [0, 0.05) is 6.04 Å². The van der Waals surface area contributed by atoms with E-state index in [9.17, 15) is 0 Å². The summed E-state index contributed by atoms with van der Waals surface area (Å²) in [6.07, 6.45) is 7.14. The highest BCUT2D eigenvalue weighted by molar-refractivity contribution is 4.96. The van der Waals surface area contributed by atoms with Crippen LogP contribution in [0.15, 0.2) is 10.6 Å². The van der Waals surface area contributed by atoms with Gasteiger partial charge in [0.1, 0.15) is 5.76 Å². The van der Waals surface area contributed by atoms with Crippen LogP contribution in [0.5, 0.6) is 0 Å². The van der Waals surface area contributed by atoms with Crippen LogP contribution in [0.25, 0.3) is 0 Å². The van der Waals surface area contributed by atoms with E-state index in [0.717, 1.165) is 17.6 Å². The first-order valence-corrected chi connectivity index (χ1v) is 6.35. The Morgan fingerprint density at radius 3 is 2.81 bits per heavy atom. The summed E-state index contributed by atoms with van der Waals surface area (Å²) >= 11 is 0. The van der Waals surface area contributed by atoms with Gasteiger partial charge in [-0.15, -0.1) is 0 Å². The second-order valence-corrected chi connectivity index (χ2v) is 5.07. The van der Waals surface area contributed by atoms with Crippen LogP contribution in [-0.4, -0.2) is 11.0 Å². The zero-order chi connectivity index (χ0) is 11.5. The van der Waals surface area contributed by atoms with E-state index in [2.05, 4.69) is 24.1 Å². The van der Waals surface area contributed by atoms with Crippen molar-refractivity contribution in [3.63, 3.8) is 0 Å². The zero-order valence-electron chi connectivity index (χ0n) is 10.5. The van der Waals surface area contributed by atoms with E-state index >= 15 is 0 Å². The molecule has 2 rings (SSSR count). The lowest BCUT2D eigenvalue weighted by atomic mass is 9.85. The molecule has 0 saturated heterocycles. The molecule has 3 unspecified atom stereocenters. The number of aromatic nitrogens is 1. The van der Waals surface area contributed by atoms with E-state index in [0.29, 0.717) is 6.04 Å². The van der Waals surface area contributed by atoms with Crippen LogP contribution in [-0.2, 0) is 0 Å². The summed E-state index contributed by atoms with van der Waals surface area (Å²) in [5, 5.41) is 3.64. The molecule has 0 spiro atoms. The first-order chi connectivity index (χ1) is 7.66. The van der Waals surface area contributed by atoms with Gasteiger partial charge in [0.15, 0.2) is 0 Å². The maximum atomic E-state index is 5.55. The van der Waals surface area contributed by atoms with Crippen molar-refractivity contribution in [2.75, 3.05) is 0 Å². The molecule has 3 nitrogen and oxygen atoms in total. The fourth-order valence-corrected chi connectivity index (χ4v) is 2.53. The molecule has 16 heavy (non-hydrogen) atoms. The third-order valence-corrected chi connectivity index (χ3v) is 3.59. The van der Waals surface area contributed by atoms with Crippen LogP contribution in [0.4, 0.5) is 0 Å². The summed E-state index contributed by atoms with van der Waals surface area (Å²) in [6.45, 7) is 6.41. The lowest BCUT2D eigenvalue weighted by Gasteiger charge is -2.31. The number of nitrogens with one attached hydrogen (secondary N) is 1. The average molecular weight is 222 g/mol. The van der Waals surface area contributed by atoms with Crippen molar-refractivity contribution in [3.8, 4) is 0 Å². The summed E-state index contributed by atoms with van der Waals surface area (Å²) in [5.41, 5.74) is 0. The van der Waals surface area contributed by atoms with Crippen LogP contribution in [0, 0.1) is 12.8 Å². The highest BCUT2D eigenvalue weighted by Gasteiger charge is 2.24. The topological polar surface area (TPSA) is 38.1 Å². The van der Waals surface area contributed by atoms with E-state index in [1.54, 1.807) is 6.20 Å². The van der Waals surface area contributed by atoms with E-state index in [-0.39, 0.29) is 6.04 Å². The Bertz CT molecular complexity index is 334. The molecule has 1 heterocycles. The molecule has 1 aromatic rings. The van der Waals surface area contributed by atoms with Crippen molar-refractivity contribution in [3.05, 3.63) is 17.8 Å². The van der Waals surface area contributed by atoms with Gasteiger partial charge in [0.25, 0.3) is 0 Å². The quantitative estimate of drug-likeness (QED) is 0.853. The molecule has 1 aromatic heterocycles. The fourth-order valence-electron chi connectivity index (χ4n) is 2.53. The Morgan fingerprint density at radius 2 is 2.19 bits per heavy atom. The zero-order valence-corrected chi connectivity index (χ0v) is 10.5. The van der Waals surface area contributed by atoms with Crippen molar-refractivity contribution in [2.24, 2.45) is 5.92 Å². The first kappa shape index (κ1) is 11.6. The molecule has 0 aliphatic heterocycles. The van der Waals surface area contributed by atoms with Crippen LogP contribution >= 0.6 is 0 Å². The number of aryl methyl sites for hydroxylation is 1. The van der Waals surface area contributed by atoms with Crippen LogP contribution < -0.4 is 5.32 Å². The first-order valence-electron chi connectivity index (χ1n) is 6.35. The van der Waals surface area contributed by atoms with Crippen molar-refractivity contribution in [1.82, 2.24) is 10.3 Å². The van der Waals surface area contributed by atoms with Crippen molar-refractivity contribution < 1.29 is 4.42 Å². The standard InChI is InChI=1S/C13H22N2O/c1-9-6-4-5-7-12(9)15-11(3)13-14-8-10(2)16-13/h8-9,11-12,15H,4-7H2,1-3H3. The van der Waals surface area contributed by atoms with Crippen LogP contribution in [0.2, 0.25) is 0 Å². The predicted octanol–water partition coefficient (Wildman–Crippen LogP) is 3.21. The summed E-state index contributed by atoms with van der Waals surface area (Å²) in [6, 6.07) is 0.843. The van der Waals surface area contributed by atoms with Gasteiger partial charge in [-0.2, -0.15) is 0 Å². The number of oxazole rings is 1. The Balaban J connectivity index is 1.93. The minimum Gasteiger partial charge on any atom is -0.444 e. The average Bonchev–Trinajstić information content (AvgIpc) is 2.68. The normalized spacial score (nSPS) is 27.9. The molecule has 3 heteroatoms. The maximum Gasteiger partial charge on any atom is 0.211 e. The lowest BCUT2D eigenvalue weighted by Crippen LogP contribution is -2.38. The van der Waals surface area contributed by atoms with Gasteiger partial charge < -0.3 is 9.73 Å². The molecule has 1 saturated carbocycles. The molecule has 0 amide bonds. The fraction of sp³-hybridized carbons (Fsp3) is 0.769. The summed E-state index contributed by atoms with van der Waals surface area (Å²) in [4.78, 5) is 4.28. The molecule has 0 aromatic carbocycles. The van der Waals surface area contributed by atoms with Crippen molar-refractivity contribution in [1.29, 1.82) is 0 Å². The Morgan fingerprint density at radius 1 is 1.44 bits per heavy atom. The third kappa shape index (κ3) is 2.64. The number of hydrogen-bond acceptors (Lipinski definition) is 3. The van der Waals surface area contributed by atoms with Gasteiger partial charge in [-0.1, -0.05) is 19.8 Å². The highest BCUT2D eigenvalue weighted by Crippen LogP contribution is 2.26. The number of hydrogen-bond donors (Lipinski definition) is 1. The molecule has 0 radical (unpaired) electrons. The van der Waals surface area contributed by atoms with Gasteiger partial charge in [0.05, 0.1) is 12.2 Å². The molecule has 1 fully saturated rings. The Labute approximate surface area is 97.6 Å². The summed E-state index contributed by atoms with van der Waals surface area (Å²) in [7, 11) is 0. The summed E-state index contributed by atoms with van der Waals surface area (Å²) in [5.74, 6) is 2.47. The minimum absolute atomic E-state index is 0.222. The van der Waals surface area contributed by atoms with Gasteiger partial charge in [-0.05, 0) is 32.6 Å². The molecule has 1 N–H and O–H groups in total. The molecule has 1 aliphatic carbocycles. The summed E-state index contributed by atoms with van der Waals surface area (Å²) < 4.78 is 5.55.